The average Bonchev–Trinajstić information content (AvgIpc) is 2.98. The summed E-state index contributed by atoms with van der Waals surface area (Å²) in [5.41, 5.74) is 3.14. The van der Waals surface area contributed by atoms with Crippen LogP contribution in [0.4, 0.5) is 0 Å². The molecule has 0 radical (unpaired) electrons. The molecule has 0 unspecified atom stereocenters. The molecule has 1 aromatic rings. The summed E-state index contributed by atoms with van der Waals surface area (Å²) in [5.74, 6) is 0.138. The third-order valence-electron chi connectivity index (χ3n) is 5.77. The molecular weight excluding hydrogens is 312 g/mol. The maximum Gasteiger partial charge on any atom is 0.230 e. The molecule has 2 saturated carbocycles. The molecule has 25 heavy (non-hydrogen) atoms. The van der Waals surface area contributed by atoms with Crippen LogP contribution in [0.1, 0.15) is 68.1 Å². The van der Waals surface area contributed by atoms with E-state index in [4.69, 9.17) is 0 Å². The van der Waals surface area contributed by atoms with Crippen molar-refractivity contribution in [3.8, 4) is 0 Å². The van der Waals surface area contributed by atoms with E-state index in [0.717, 1.165) is 37.7 Å². The molecular formula is C21H30N2O2. The van der Waals surface area contributed by atoms with Crippen molar-refractivity contribution in [3.05, 3.63) is 34.9 Å². The molecule has 2 aliphatic rings. The second kappa shape index (κ2) is 7.59. The average molecular weight is 342 g/mol. The third kappa shape index (κ3) is 4.05. The van der Waals surface area contributed by atoms with Crippen LogP contribution in [0.3, 0.4) is 0 Å². The molecule has 1 aromatic carbocycles. The minimum Gasteiger partial charge on any atom is -0.355 e. The highest BCUT2D eigenvalue weighted by Crippen LogP contribution is 2.44. The third-order valence-corrected chi connectivity index (χ3v) is 5.77. The van der Waals surface area contributed by atoms with Gasteiger partial charge < -0.3 is 10.6 Å². The number of carbonyl (C=O) groups is 2. The van der Waals surface area contributed by atoms with E-state index in [9.17, 15) is 9.59 Å². The standard InChI is InChI=1S/C21H30N2O2/c1-15-12-16(2)14-17(13-15)21(9-5-10-21)20(25)22-11-8-19(24)23-18-6-3-4-7-18/h12-14,18H,3-11H2,1-2H3,(H,22,25)(H,23,24). The number of amides is 2. The Morgan fingerprint density at radius 3 is 2.24 bits per heavy atom. The Hall–Kier alpha value is -1.84. The van der Waals surface area contributed by atoms with Gasteiger partial charge in [0.15, 0.2) is 0 Å². The molecule has 2 fully saturated rings. The Labute approximate surface area is 150 Å². The van der Waals surface area contributed by atoms with Crippen molar-refractivity contribution < 1.29 is 9.59 Å². The number of benzene rings is 1. The fourth-order valence-electron chi connectivity index (χ4n) is 4.26. The van der Waals surface area contributed by atoms with E-state index < -0.39 is 5.41 Å². The smallest absolute Gasteiger partial charge is 0.230 e. The minimum absolute atomic E-state index is 0.0567. The molecule has 4 heteroatoms. The Morgan fingerprint density at radius 1 is 1.04 bits per heavy atom. The molecule has 0 bridgehead atoms. The summed E-state index contributed by atoms with van der Waals surface area (Å²) in [5, 5.41) is 6.09. The van der Waals surface area contributed by atoms with Crippen LogP contribution in [-0.4, -0.2) is 24.4 Å². The van der Waals surface area contributed by atoms with Gasteiger partial charge in [-0.25, -0.2) is 0 Å². The molecule has 0 heterocycles. The highest BCUT2D eigenvalue weighted by atomic mass is 16.2. The van der Waals surface area contributed by atoms with Crippen LogP contribution in [0.2, 0.25) is 0 Å². The van der Waals surface area contributed by atoms with Gasteiger partial charge in [-0.15, -0.1) is 0 Å². The van der Waals surface area contributed by atoms with Crippen LogP contribution in [0, 0.1) is 13.8 Å². The van der Waals surface area contributed by atoms with E-state index in [1.807, 2.05) is 0 Å². The van der Waals surface area contributed by atoms with E-state index in [1.54, 1.807) is 0 Å². The zero-order valence-corrected chi connectivity index (χ0v) is 15.5. The number of hydrogen-bond acceptors (Lipinski definition) is 2. The number of hydrogen-bond donors (Lipinski definition) is 2. The van der Waals surface area contributed by atoms with E-state index >= 15 is 0 Å². The molecule has 136 valence electrons. The number of rotatable bonds is 6. The Bertz CT molecular complexity index is 623. The van der Waals surface area contributed by atoms with Crippen molar-refractivity contribution >= 4 is 11.8 Å². The van der Waals surface area contributed by atoms with Gasteiger partial charge in [-0.3, -0.25) is 9.59 Å². The summed E-state index contributed by atoms with van der Waals surface area (Å²) < 4.78 is 0. The molecule has 0 saturated heterocycles. The second-order valence-corrected chi connectivity index (χ2v) is 7.87. The molecule has 0 aromatic heterocycles. The van der Waals surface area contributed by atoms with E-state index in [2.05, 4.69) is 42.7 Å². The molecule has 2 amide bonds. The highest BCUT2D eigenvalue weighted by Gasteiger charge is 2.45. The maximum atomic E-state index is 12.9. The van der Waals surface area contributed by atoms with Gasteiger partial charge in [0.25, 0.3) is 0 Å². The topological polar surface area (TPSA) is 58.2 Å². The SMILES string of the molecule is Cc1cc(C)cc(C2(C(=O)NCCC(=O)NC3CCCC3)CCC2)c1. The minimum atomic E-state index is -0.390. The van der Waals surface area contributed by atoms with Gasteiger partial charge in [0.2, 0.25) is 11.8 Å². The van der Waals surface area contributed by atoms with Crippen molar-refractivity contribution in [1.82, 2.24) is 10.6 Å². The fourth-order valence-corrected chi connectivity index (χ4v) is 4.26. The monoisotopic (exact) mass is 342 g/mol. The van der Waals surface area contributed by atoms with Crippen LogP contribution in [0.5, 0.6) is 0 Å². The maximum absolute atomic E-state index is 12.9. The summed E-state index contributed by atoms with van der Waals surface area (Å²) in [7, 11) is 0. The summed E-state index contributed by atoms with van der Waals surface area (Å²) in [6.07, 6.45) is 7.85. The fraction of sp³-hybridized carbons (Fsp3) is 0.619. The van der Waals surface area contributed by atoms with Crippen LogP contribution >= 0.6 is 0 Å². The van der Waals surface area contributed by atoms with Crippen LogP contribution in [0.15, 0.2) is 18.2 Å². The van der Waals surface area contributed by atoms with E-state index in [-0.39, 0.29) is 11.8 Å². The van der Waals surface area contributed by atoms with Crippen molar-refractivity contribution in [2.75, 3.05) is 6.54 Å². The van der Waals surface area contributed by atoms with Gasteiger partial charge in [0, 0.05) is 19.0 Å². The lowest BCUT2D eigenvalue weighted by atomic mass is 9.63. The summed E-state index contributed by atoms with van der Waals surface area (Å²) >= 11 is 0. The van der Waals surface area contributed by atoms with E-state index in [0.29, 0.717) is 19.0 Å². The van der Waals surface area contributed by atoms with Gasteiger partial charge in [0.05, 0.1) is 5.41 Å². The van der Waals surface area contributed by atoms with Crippen LogP contribution in [0.25, 0.3) is 0 Å². The molecule has 0 aliphatic heterocycles. The van der Waals surface area contributed by atoms with Crippen LogP contribution in [-0.2, 0) is 15.0 Å². The summed E-state index contributed by atoms with van der Waals surface area (Å²) in [6.45, 7) is 4.58. The van der Waals surface area contributed by atoms with Crippen molar-refractivity contribution in [2.45, 2.75) is 76.7 Å². The normalized spacial score (nSPS) is 19.3. The highest BCUT2D eigenvalue weighted by molar-refractivity contribution is 5.89. The van der Waals surface area contributed by atoms with Crippen molar-refractivity contribution in [1.29, 1.82) is 0 Å². The largest absolute Gasteiger partial charge is 0.355 e. The molecule has 2 aliphatic carbocycles. The summed E-state index contributed by atoms with van der Waals surface area (Å²) in [4.78, 5) is 24.9. The lowest BCUT2D eigenvalue weighted by molar-refractivity contribution is -0.130. The predicted octanol–water partition coefficient (Wildman–Crippen LogP) is 3.29. The molecule has 3 rings (SSSR count). The van der Waals surface area contributed by atoms with Gasteiger partial charge in [-0.1, -0.05) is 48.6 Å². The predicted molar refractivity (Wildman–Crippen MR) is 99.5 cm³/mol. The first-order valence-electron chi connectivity index (χ1n) is 9.66. The Balaban J connectivity index is 1.54. The van der Waals surface area contributed by atoms with Gasteiger partial charge in [0.1, 0.15) is 0 Å². The van der Waals surface area contributed by atoms with Crippen molar-refractivity contribution in [3.63, 3.8) is 0 Å². The van der Waals surface area contributed by atoms with Crippen LogP contribution < -0.4 is 10.6 Å². The number of aryl methyl sites for hydroxylation is 2. The zero-order valence-electron chi connectivity index (χ0n) is 15.5. The molecule has 0 atom stereocenters. The van der Waals surface area contributed by atoms with Gasteiger partial charge >= 0.3 is 0 Å². The number of nitrogens with one attached hydrogen (secondary N) is 2. The second-order valence-electron chi connectivity index (χ2n) is 7.87. The molecule has 2 N–H and O–H groups in total. The summed E-state index contributed by atoms with van der Waals surface area (Å²) in [6, 6.07) is 6.76. The van der Waals surface area contributed by atoms with Gasteiger partial charge in [-0.05, 0) is 45.1 Å². The van der Waals surface area contributed by atoms with E-state index in [1.165, 1.54) is 24.0 Å². The Morgan fingerprint density at radius 2 is 1.68 bits per heavy atom. The molecule has 4 nitrogen and oxygen atoms in total. The quantitative estimate of drug-likeness (QED) is 0.833. The Kier molecular flexibility index (Phi) is 5.45. The lowest BCUT2D eigenvalue weighted by Gasteiger charge is -2.41. The van der Waals surface area contributed by atoms with Crippen molar-refractivity contribution in [2.24, 2.45) is 0 Å². The zero-order chi connectivity index (χ0) is 17.9. The first-order chi connectivity index (χ1) is 12.0. The first-order valence-corrected chi connectivity index (χ1v) is 9.66. The molecule has 0 spiro atoms. The number of carbonyl (C=O) groups excluding carboxylic acids is 2. The first kappa shape index (κ1) is 18.0. The lowest BCUT2D eigenvalue weighted by Crippen LogP contribution is -2.50. The van der Waals surface area contributed by atoms with Gasteiger partial charge in [-0.2, -0.15) is 0 Å².